The van der Waals surface area contributed by atoms with Crippen LogP contribution in [0.3, 0.4) is 0 Å². The molecule has 1 aromatic rings. The van der Waals surface area contributed by atoms with Crippen molar-refractivity contribution in [1.29, 1.82) is 0 Å². The average molecular weight is 290 g/mol. The van der Waals surface area contributed by atoms with E-state index in [0.29, 0.717) is 5.41 Å². The molecule has 2 rings (SSSR count). The lowest BCUT2D eigenvalue weighted by Gasteiger charge is -2.39. The number of oxazole rings is 1. The molecule has 0 atom stereocenters. The normalized spacial score (nSPS) is 18.9. The minimum Gasteiger partial charge on any atom is -0.437 e. The second-order valence-corrected chi connectivity index (χ2v) is 5.88. The van der Waals surface area contributed by atoms with Crippen molar-refractivity contribution in [3.05, 3.63) is 11.5 Å². The van der Waals surface area contributed by atoms with E-state index in [1.807, 2.05) is 13.8 Å². The van der Waals surface area contributed by atoms with Crippen LogP contribution in [-0.2, 0) is 0 Å². The van der Waals surface area contributed by atoms with Crippen molar-refractivity contribution >= 4 is 27.7 Å². The molecule has 84 valence electrons. The lowest BCUT2D eigenvalue weighted by Crippen LogP contribution is -2.33. The maximum atomic E-state index is 5.56. The molecular formula is C11H16BrNOS. The Kier molecular flexibility index (Phi) is 3.45. The molecule has 15 heavy (non-hydrogen) atoms. The number of aromatic nitrogens is 1. The zero-order chi connectivity index (χ0) is 10.9. The highest BCUT2D eigenvalue weighted by atomic mass is 79.9. The molecule has 1 aromatic heterocycles. The Morgan fingerprint density at radius 1 is 1.47 bits per heavy atom. The van der Waals surface area contributed by atoms with Gasteiger partial charge >= 0.3 is 0 Å². The number of hydrogen-bond donors (Lipinski definition) is 0. The van der Waals surface area contributed by atoms with Gasteiger partial charge in [0, 0.05) is 11.1 Å². The van der Waals surface area contributed by atoms with E-state index in [0.717, 1.165) is 27.8 Å². The molecule has 0 amide bonds. The maximum absolute atomic E-state index is 5.56. The first-order chi connectivity index (χ1) is 7.15. The molecule has 1 aliphatic carbocycles. The summed E-state index contributed by atoms with van der Waals surface area (Å²) in [5.74, 6) is 2.07. The van der Waals surface area contributed by atoms with Crippen LogP contribution in [0, 0.1) is 19.3 Å². The zero-order valence-electron chi connectivity index (χ0n) is 9.18. The molecule has 2 nitrogen and oxygen atoms in total. The topological polar surface area (TPSA) is 26.0 Å². The van der Waals surface area contributed by atoms with Gasteiger partial charge in [-0.05, 0) is 32.1 Å². The summed E-state index contributed by atoms with van der Waals surface area (Å²) >= 11 is 5.37. The second-order valence-electron chi connectivity index (χ2n) is 4.40. The monoisotopic (exact) mass is 289 g/mol. The minimum atomic E-state index is 0.501. The van der Waals surface area contributed by atoms with Gasteiger partial charge in [-0.1, -0.05) is 34.1 Å². The van der Waals surface area contributed by atoms with Crippen LogP contribution in [0.4, 0.5) is 0 Å². The molecular weight excluding hydrogens is 274 g/mol. The van der Waals surface area contributed by atoms with Gasteiger partial charge in [0.1, 0.15) is 5.76 Å². The number of halogens is 1. The van der Waals surface area contributed by atoms with Gasteiger partial charge < -0.3 is 4.42 Å². The predicted molar refractivity (Wildman–Crippen MR) is 66.8 cm³/mol. The van der Waals surface area contributed by atoms with Gasteiger partial charge in [0.05, 0.1) is 5.69 Å². The van der Waals surface area contributed by atoms with E-state index < -0.39 is 0 Å². The smallest absolute Gasteiger partial charge is 0.256 e. The Labute approximate surface area is 103 Å². The summed E-state index contributed by atoms with van der Waals surface area (Å²) in [6, 6.07) is 0. The van der Waals surface area contributed by atoms with Crippen molar-refractivity contribution < 1.29 is 4.42 Å². The molecule has 4 heteroatoms. The van der Waals surface area contributed by atoms with E-state index in [1.165, 1.54) is 19.3 Å². The summed E-state index contributed by atoms with van der Waals surface area (Å²) in [4.78, 5) is 4.39. The largest absolute Gasteiger partial charge is 0.437 e. The Morgan fingerprint density at radius 2 is 2.20 bits per heavy atom. The van der Waals surface area contributed by atoms with E-state index in [4.69, 9.17) is 4.42 Å². The van der Waals surface area contributed by atoms with Gasteiger partial charge in [-0.15, -0.1) is 0 Å². The van der Waals surface area contributed by atoms with Crippen molar-refractivity contribution in [1.82, 2.24) is 4.98 Å². The second kappa shape index (κ2) is 4.50. The van der Waals surface area contributed by atoms with Crippen molar-refractivity contribution in [2.75, 3.05) is 11.1 Å². The fourth-order valence-electron chi connectivity index (χ4n) is 1.71. The SMILES string of the molecule is Cc1nc(SCC2(CBr)CCC2)oc1C. The van der Waals surface area contributed by atoms with Crippen LogP contribution in [0.2, 0.25) is 0 Å². The summed E-state index contributed by atoms with van der Waals surface area (Å²) in [5.41, 5.74) is 1.51. The standard InChI is InChI=1S/C11H16BrNOS/c1-8-9(2)14-10(13-8)15-7-11(6-12)4-3-5-11/h3-7H2,1-2H3. The van der Waals surface area contributed by atoms with Crippen molar-refractivity contribution in [2.45, 2.75) is 38.3 Å². The Bertz CT molecular complexity index is 321. The highest BCUT2D eigenvalue weighted by Gasteiger charge is 2.36. The predicted octanol–water partition coefficient (Wildman–Crippen LogP) is 3.95. The number of alkyl halides is 1. The molecule has 0 aliphatic heterocycles. The van der Waals surface area contributed by atoms with Gasteiger partial charge in [0.15, 0.2) is 0 Å². The van der Waals surface area contributed by atoms with Crippen LogP contribution in [0.5, 0.6) is 0 Å². The number of nitrogens with zero attached hydrogens (tertiary/aromatic N) is 1. The van der Waals surface area contributed by atoms with Crippen molar-refractivity contribution in [3.63, 3.8) is 0 Å². The summed E-state index contributed by atoms with van der Waals surface area (Å²) in [6.07, 6.45) is 4.05. The molecule has 0 aromatic carbocycles. The fourth-order valence-corrected chi connectivity index (χ4v) is 3.94. The molecule has 0 N–H and O–H groups in total. The third-order valence-corrected chi connectivity index (χ3v) is 5.58. The molecule has 1 saturated carbocycles. The van der Waals surface area contributed by atoms with Crippen molar-refractivity contribution in [2.24, 2.45) is 5.41 Å². The third-order valence-electron chi connectivity index (χ3n) is 3.21. The van der Waals surface area contributed by atoms with Crippen LogP contribution in [-0.4, -0.2) is 16.1 Å². The first-order valence-electron chi connectivity index (χ1n) is 5.28. The quantitative estimate of drug-likeness (QED) is 0.620. The minimum absolute atomic E-state index is 0.501. The fraction of sp³-hybridized carbons (Fsp3) is 0.727. The molecule has 0 spiro atoms. The van der Waals surface area contributed by atoms with Crippen LogP contribution in [0.25, 0.3) is 0 Å². The summed E-state index contributed by atoms with van der Waals surface area (Å²) in [5, 5.41) is 1.93. The van der Waals surface area contributed by atoms with E-state index >= 15 is 0 Å². The van der Waals surface area contributed by atoms with Gasteiger partial charge in [-0.25, -0.2) is 4.98 Å². The van der Waals surface area contributed by atoms with Crippen LogP contribution in [0.15, 0.2) is 9.64 Å². The summed E-state index contributed by atoms with van der Waals surface area (Å²) < 4.78 is 5.56. The number of thioether (sulfide) groups is 1. The van der Waals surface area contributed by atoms with Crippen LogP contribution in [0.1, 0.15) is 30.7 Å². The molecule has 0 unspecified atom stereocenters. The zero-order valence-corrected chi connectivity index (χ0v) is 11.6. The van der Waals surface area contributed by atoms with E-state index in [2.05, 4.69) is 20.9 Å². The first kappa shape index (κ1) is 11.5. The lowest BCUT2D eigenvalue weighted by molar-refractivity contribution is 0.206. The van der Waals surface area contributed by atoms with Crippen LogP contribution < -0.4 is 0 Å². The average Bonchev–Trinajstić information content (AvgIpc) is 2.45. The van der Waals surface area contributed by atoms with Crippen LogP contribution >= 0.6 is 27.7 Å². The van der Waals surface area contributed by atoms with Crippen molar-refractivity contribution in [3.8, 4) is 0 Å². The molecule has 0 bridgehead atoms. The van der Waals surface area contributed by atoms with Gasteiger partial charge in [-0.2, -0.15) is 0 Å². The van der Waals surface area contributed by atoms with E-state index in [-0.39, 0.29) is 0 Å². The molecule has 0 radical (unpaired) electrons. The molecule has 1 fully saturated rings. The highest BCUT2D eigenvalue weighted by Crippen LogP contribution is 2.45. The Hall–Kier alpha value is 0.0400. The Morgan fingerprint density at radius 3 is 2.60 bits per heavy atom. The number of hydrogen-bond acceptors (Lipinski definition) is 3. The van der Waals surface area contributed by atoms with E-state index in [1.54, 1.807) is 11.8 Å². The summed E-state index contributed by atoms with van der Waals surface area (Å²) in [7, 11) is 0. The lowest BCUT2D eigenvalue weighted by atomic mass is 9.72. The molecule has 1 aliphatic rings. The molecule has 0 saturated heterocycles. The Balaban J connectivity index is 1.92. The molecule has 1 heterocycles. The summed E-state index contributed by atoms with van der Waals surface area (Å²) in [6.45, 7) is 3.96. The maximum Gasteiger partial charge on any atom is 0.256 e. The van der Waals surface area contributed by atoms with E-state index in [9.17, 15) is 0 Å². The number of aryl methyl sites for hydroxylation is 2. The highest BCUT2D eigenvalue weighted by molar-refractivity contribution is 9.09. The van der Waals surface area contributed by atoms with Gasteiger partial charge in [0.25, 0.3) is 5.22 Å². The van der Waals surface area contributed by atoms with Gasteiger partial charge in [0.2, 0.25) is 0 Å². The first-order valence-corrected chi connectivity index (χ1v) is 7.39. The van der Waals surface area contributed by atoms with Gasteiger partial charge in [-0.3, -0.25) is 0 Å². The third kappa shape index (κ3) is 2.41. The number of rotatable bonds is 4.